The van der Waals surface area contributed by atoms with Gasteiger partial charge in [0.15, 0.2) is 6.20 Å². The summed E-state index contributed by atoms with van der Waals surface area (Å²) >= 11 is 0. The molecule has 1 aromatic heterocycles. The van der Waals surface area contributed by atoms with E-state index in [2.05, 4.69) is 0 Å². The van der Waals surface area contributed by atoms with Gasteiger partial charge in [0.1, 0.15) is 7.05 Å². The molecule has 0 saturated heterocycles. The van der Waals surface area contributed by atoms with Crippen LogP contribution in [0, 0.1) is 26.6 Å². The average molecular weight is 350 g/mol. The maximum Gasteiger partial charge on any atom is 0.212 e. The van der Waals surface area contributed by atoms with Crippen molar-refractivity contribution in [1.29, 1.82) is 0 Å². The Morgan fingerprint density at radius 2 is 1.69 bits per heavy atom. The van der Waals surface area contributed by atoms with Crippen LogP contribution in [-0.4, -0.2) is 0 Å². The molecule has 0 N–H and O–H groups in total. The molecular weight excluding hydrogens is 314 g/mol. The number of rotatable bonds is 4. The first-order valence-corrected chi connectivity index (χ1v) is 9.05. The van der Waals surface area contributed by atoms with Gasteiger partial charge in [0, 0.05) is 24.0 Å². The minimum absolute atomic E-state index is 0.151. The lowest BCUT2D eigenvalue weighted by molar-refractivity contribution is -0.660. The standard InChI is InChI=1S/C25H30N/c1-17(2)12-22-16-26(6)25(14-18(22)3)24-15-23(19(4)13-20(24)5)21-10-8-7-9-11-21/h7-11,13-17H,12H2,1-6H3/q+1/i4D3,12D2. The van der Waals surface area contributed by atoms with Gasteiger partial charge in [0.2, 0.25) is 5.69 Å². The fraction of sp³-hybridized carbons (Fsp3) is 0.320. The van der Waals surface area contributed by atoms with Crippen LogP contribution in [0.2, 0.25) is 0 Å². The Morgan fingerprint density at radius 1 is 0.962 bits per heavy atom. The highest BCUT2D eigenvalue weighted by molar-refractivity contribution is 5.75. The fourth-order valence-corrected chi connectivity index (χ4v) is 3.32. The summed E-state index contributed by atoms with van der Waals surface area (Å²) in [4.78, 5) is 0. The number of pyridine rings is 1. The number of hydrogen-bond acceptors (Lipinski definition) is 0. The van der Waals surface area contributed by atoms with E-state index in [4.69, 9.17) is 6.85 Å². The van der Waals surface area contributed by atoms with Crippen LogP contribution in [0.1, 0.15) is 43.0 Å². The Balaban J connectivity index is 2.26. The molecule has 3 aromatic rings. The van der Waals surface area contributed by atoms with Gasteiger partial charge < -0.3 is 0 Å². The molecule has 0 radical (unpaired) electrons. The minimum atomic E-state index is -2.22. The summed E-state index contributed by atoms with van der Waals surface area (Å²) in [5, 5.41) is 0. The lowest BCUT2D eigenvalue weighted by Crippen LogP contribution is -2.32. The first kappa shape index (κ1) is 12.9. The van der Waals surface area contributed by atoms with Gasteiger partial charge in [0.05, 0.1) is 0 Å². The van der Waals surface area contributed by atoms with Crippen LogP contribution in [0.5, 0.6) is 0 Å². The van der Waals surface area contributed by atoms with Crippen LogP contribution in [0.3, 0.4) is 0 Å². The molecule has 2 aromatic carbocycles. The zero-order valence-corrected chi connectivity index (χ0v) is 16.2. The minimum Gasteiger partial charge on any atom is -0.201 e. The van der Waals surface area contributed by atoms with Crippen molar-refractivity contribution in [3.8, 4) is 22.4 Å². The van der Waals surface area contributed by atoms with E-state index in [1.54, 1.807) is 6.07 Å². The largest absolute Gasteiger partial charge is 0.212 e. The van der Waals surface area contributed by atoms with Gasteiger partial charge in [-0.15, -0.1) is 0 Å². The van der Waals surface area contributed by atoms with Gasteiger partial charge in [0.25, 0.3) is 0 Å². The summed E-state index contributed by atoms with van der Waals surface area (Å²) in [6, 6.07) is 15.3. The second-order valence-corrected chi connectivity index (χ2v) is 7.24. The summed E-state index contributed by atoms with van der Waals surface area (Å²) in [7, 11) is 1.91. The third kappa shape index (κ3) is 3.72. The predicted molar refractivity (Wildman–Crippen MR) is 111 cm³/mol. The van der Waals surface area contributed by atoms with Crippen molar-refractivity contribution >= 4 is 0 Å². The van der Waals surface area contributed by atoms with Crippen LogP contribution in [0.15, 0.2) is 54.7 Å². The van der Waals surface area contributed by atoms with E-state index in [9.17, 15) is 0 Å². The van der Waals surface area contributed by atoms with E-state index >= 15 is 0 Å². The van der Waals surface area contributed by atoms with Crippen molar-refractivity contribution in [3.63, 3.8) is 0 Å². The van der Waals surface area contributed by atoms with Gasteiger partial charge >= 0.3 is 0 Å². The smallest absolute Gasteiger partial charge is 0.201 e. The van der Waals surface area contributed by atoms with Crippen LogP contribution < -0.4 is 4.57 Å². The van der Waals surface area contributed by atoms with Crippen molar-refractivity contribution < 1.29 is 11.4 Å². The molecular formula is C25H30N+. The monoisotopic (exact) mass is 349 g/mol. The second-order valence-electron chi connectivity index (χ2n) is 7.24. The van der Waals surface area contributed by atoms with E-state index < -0.39 is 13.2 Å². The molecule has 0 aliphatic heterocycles. The van der Waals surface area contributed by atoms with Crippen molar-refractivity contribution in [2.75, 3.05) is 0 Å². The Morgan fingerprint density at radius 3 is 2.35 bits per heavy atom. The normalized spacial score (nSPS) is 15.1. The molecule has 0 aliphatic rings. The summed E-state index contributed by atoms with van der Waals surface area (Å²) in [5.41, 5.74) is 6.19. The first-order chi connectivity index (χ1) is 14.3. The molecule has 134 valence electrons. The molecule has 0 saturated carbocycles. The molecule has 1 nitrogen and oxygen atoms in total. The van der Waals surface area contributed by atoms with E-state index in [0.717, 1.165) is 27.9 Å². The predicted octanol–water partition coefficient (Wildman–Crippen LogP) is 5.97. The van der Waals surface area contributed by atoms with Crippen LogP contribution in [-0.2, 0) is 13.4 Å². The summed E-state index contributed by atoms with van der Waals surface area (Å²) in [6.07, 6.45) is 0.430. The quantitative estimate of drug-likeness (QED) is 0.511. The number of nitrogens with zero attached hydrogens (tertiary/aromatic N) is 1. The summed E-state index contributed by atoms with van der Waals surface area (Å²) in [6.45, 7) is 5.41. The molecule has 0 fully saturated rings. The maximum atomic E-state index is 8.51. The zero-order chi connectivity index (χ0) is 23.1. The van der Waals surface area contributed by atoms with Gasteiger partial charge in [-0.25, -0.2) is 4.57 Å². The number of benzene rings is 2. The Kier molecular flexibility index (Phi) is 3.69. The van der Waals surface area contributed by atoms with E-state index in [1.165, 1.54) is 0 Å². The third-order valence-corrected chi connectivity index (χ3v) is 4.65. The maximum absolute atomic E-state index is 8.51. The molecule has 0 aliphatic carbocycles. The molecule has 0 spiro atoms. The van der Waals surface area contributed by atoms with E-state index in [1.807, 2.05) is 88.0 Å². The van der Waals surface area contributed by atoms with Gasteiger partial charge in [-0.2, -0.15) is 0 Å². The molecule has 1 heterocycles. The van der Waals surface area contributed by atoms with E-state index in [-0.39, 0.29) is 5.92 Å². The number of aryl methyl sites for hydroxylation is 4. The van der Waals surface area contributed by atoms with Crippen molar-refractivity contribution in [1.82, 2.24) is 0 Å². The molecule has 0 unspecified atom stereocenters. The molecule has 0 amide bonds. The van der Waals surface area contributed by atoms with E-state index in [0.29, 0.717) is 16.7 Å². The molecule has 26 heavy (non-hydrogen) atoms. The Labute approximate surface area is 165 Å². The van der Waals surface area contributed by atoms with Crippen molar-refractivity contribution in [2.45, 2.75) is 40.9 Å². The summed E-state index contributed by atoms with van der Waals surface area (Å²) in [5.74, 6) is -0.151. The van der Waals surface area contributed by atoms with Crippen LogP contribution >= 0.6 is 0 Å². The molecule has 0 atom stereocenters. The van der Waals surface area contributed by atoms with Crippen LogP contribution in [0.4, 0.5) is 0 Å². The average Bonchev–Trinajstić information content (AvgIpc) is 2.69. The second kappa shape index (κ2) is 7.45. The number of aromatic nitrogens is 1. The fourth-order valence-electron chi connectivity index (χ4n) is 3.32. The Bertz CT molecular complexity index is 1100. The SMILES string of the molecule is [2H]C([2H])([2H])c1cc(C)c(-c2cc(C)c(C([2H])([2H])C(C)C)c[n+]2C)cc1-c1ccccc1. The Hall–Kier alpha value is -2.41. The lowest BCUT2D eigenvalue weighted by Gasteiger charge is -2.14. The van der Waals surface area contributed by atoms with Crippen LogP contribution in [0.25, 0.3) is 22.4 Å². The van der Waals surface area contributed by atoms with Gasteiger partial charge in [-0.05, 0) is 66.9 Å². The topological polar surface area (TPSA) is 3.88 Å². The molecule has 1 heteroatoms. The molecule has 3 rings (SSSR count). The highest BCUT2D eigenvalue weighted by Gasteiger charge is 2.18. The third-order valence-electron chi connectivity index (χ3n) is 4.65. The van der Waals surface area contributed by atoms with Crippen molar-refractivity contribution in [2.24, 2.45) is 13.0 Å². The highest BCUT2D eigenvalue weighted by Crippen LogP contribution is 2.31. The highest BCUT2D eigenvalue weighted by atomic mass is 14.9. The van der Waals surface area contributed by atoms with Crippen molar-refractivity contribution in [3.05, 3.63) is 77.0 Å². The zero-order valence-electron chi connectivity index (χ0n) is 21.2. The lowest BCUT2D eigenvalue weighted by atomic mass is 9.92. The number of hydrogen-bond donors (Lipinski definition) is 0. The van der Waals surface area contributed by atoms with Gasteiger partial charge in [-0.1, -0.05) is 50.2 Å². The van der Waals surface area contributed by atoms with Gasteiger partial charge in [-0.3, -0.25) is 0 Å². The molecule has 0 bridgehead atoms. The first-order valence-electron chi connectivity index (χ1n) is 11.6. The summed E-state index contributed by atoms with van der Waals surface area (Å²) < 4.78 is 43.1.